The highest BCUT2D eigenvalue weighted by Gasteiger charge is 2.64. The molecule has 0 amide bonds. The summed E-state index contributed by atoms with van der Waals surface area (Å²) in [5, 5.41) is 4.22. The molecule has 0 saturated carbocycles. The molecule has 0 spiro atoms. The zero-order valence-corrected chi connectivity index (χ0v) is 7.95. The first-order chi connectivity index (χ1) is 6.44. The summed E-state index contributed by atoms with van der Waals surface area (Å²) in [7, 11) is -5.18. The van der Waals surface area contributed by atoms with Gasteiger partial charge in [-0.15, -0.1) is 10.9 Å². The Balaban J connectivity index is 5.37. The summed E-state index contributed by atoms with van der Waals surface area (Å²) in [6, 6.07) is -5.56. The maximum absolute atomic E-state index is 12.6. The van der Waals surface area contributed by atoms with E-state index >= 15 is 0 Å². The van der Waals surface area contributed by atoms with Gasteiger partial charge in [0.15, 0.2) is 0 Å². The third-order valence-corrected chi connectivity index (χ3v) is 2.25. The monoisotopic (exact) mass is 254 g/mol. The Labute approximate surface area is 82.3 Å². The van der Waals surface area contributed by atoms with Crippen molar-refractivity contribution in [3.63, 3.8) is 0 Å². The maximum atomic E-state index is 12.6. The van der Waals surface area contributed by atoms with Crippen molar-refractivity contribution in [1.29, 1.82) is 0 Å². The van der Waals surface area contributed by atoms with Crippen molar-refractivity contribution in [1.82, 2.24) is 4.31 Å². The molecule has 0 bridgehead atoms. The zero-order chi connectivity index (χ0) is 12.5. The molecule has 15 heavy (non-hydrogen) atoms. The van der Waals surface area contributed by atoms with E-state index in [4.69, 9.17) is 0 Å². The van der Waals surface area contributed by atoms with E-state index in [9.17, 15) is 30.4 Å². The van der Waals surface area contributed by atoms with Crippen LogP contribution in [-0.2, 0) is 10.2 Å². The molecule has 0 aromatic heterocycles. The third-order valence-electron chi connectivity index (χ3n) is 1.26. The molecule has 0 aliphatic carbocycles. The van der Waals surface area contributed by atoms with Crippen LogP contribution in [0.5, 0.6) is 0 Å². The van der Waals surface area contributed by atoms with Crippen LogP contribution in [0.15, 0.2) is 12.7 Å². The maximum Gasteiger partial charge on any atom is 0.470 e. The fraction of sp³-hybridized carbons (Fsp3) is 0.600. The highest BCUT2D eigenvalue weighted by atomic mass is 32.2. The Hall–Kier alpha value is -0.740. The van der Waals surface area contributed by atoms with Gasteiger partial charge in [-0.05, 0) is 0 Å². The molecule has 0 aromatic rings. The first kappa shape index (κ1) is 14.3. The van der Waals surface area contributed by atoms with Crippen LogP contribution in [0.2, 0.25) is 0 Å². The number of hydrogen-bond donors (Lipinski definition) is 1. The van der Waals surface area contributed by atoms with Gasteiger partial charge in [-0.3, -0.25) is 0 Å². The molecule has 0 fully saturated rings. The molecule has 10 heteroatoms. The molecule has 90 valence electrons. The normalized spacial score (nSPS) is 14.3. The zero-order valence-electron chi connectivity index (χ0n) is 7.13. The van der Waals surface area contributed by atoms with Crippen LogP contribution in [0, 0.1) is 0 Å². The van der Waals surface area contributed by atoms with E-state index in [2.05, 4.69) is 11.7 Å². The summed E-state index contributed by atoms with van der Waals surface area (Å²) in [5.41, 5.74) is 0. The lowest BCUT2D eigenvalue weighted by Gasteiger charge is -2.28. The van der Waals surface area contributed by atoms with Gasteiger partial charge in [0.05, 0.1) is 0 Å². The minimum absolute atomic E-state index is 0.560. The molecule has 2 N–H and O–H groups in total. The smallest absolute Gasteiger partial charge is 0.215 e. The number of hydrogen-bond acceptors (Lipinski definition) is 2. The van der Waals surface area contributed by atoms with Gasteiger partial charge < -0.3 is 0 Å². The number of halogens is 5. The third kappa shape index (κ3) is 3.11. The lowest BCUT2D eigenvalue weighted by Crippen LogP contribution is -2.56. The Kier molecular flexibility index (Phi) is 3.82. The van der Waals surface area contributed by atoms with E-state index in [1.165, 1.54) is 0 Å². The number of alkyl halides is 5. The second-order valence-corrected chi connectivity index (χ2v) is 3.87. The van der Waals surface area contributed by atoms with E-state index < -0.39 is 33.3 Å². The predicted octanol–water partition coefficient (Wildman–Crippen LogP) is 0.833. The molecular weight excluding hydrogens is 247 g/mol. The van der Waals surface area contributed by atoms with Gasteiger partial charge >= 0.3 is 12.2 Å². The summed E-state index contributed by atoms with van der Waals surface area (Å²) in [6.07, 6.45) is -5.48. The predicted molar refractivity (Wildman–Crippen MR) is 41.0 cm³/mol. The topological polar surface area (TPSA) is 63.4 Å². The highest BCUT2D eigenvalue weighted by Crippen LogP contribution is 2.39. The summed E-state index contributed by atoms with van der Waals surface area (Å²) in [4.78, 5) is 0. The minimum Gasteiger partial charge on any atom is -0.215 e. The second kappa shape index (κ2) is 4.02. The lowest BCUT2D eigenvalue weighted by atomic mass is 10.5. The standard InChI is InChI=1S/C5H7F5N2O2S/c1-2-3-12(15(11,13)14)5(9,10)4(6,7)8/h2H,1,3H2,(H2,11,13,14). The van der Waals surface area contributed by atoms with Crippen LogP contribution in [0.3, 0.4) is 0 Å². The Bertz CT molecular complexity index is 336. The number of nitrogens with zero attached hydrogens (tertiary/aromatic N) is 1. The van der Waals surface area contributed by atoms with Crippen molar-refractivity contribution in [2.24, 2.45) is 5.14 Å². The molecule has 4 nitrogen and oxygen atoms in total. The fourth-order valence-electron chi connectivity index (χ4n) is 0.637. The van der Waals surface area contributed by atoms with Gasteiger partial charge in [-0.25, -0.2) is 5.14 Å². The lowest BCUT2D eigenvalue weighted by molar-refractivity contribution is -0.321. The Morgan fingerprint density at radius 3 is 1.87 bits per heavy atom. The summed E-state index contributed by atoms with van der Waals surface area (Å²) in [6.45, 7) is 1.60. The average molecular weight is 254 g/mol. The molecule has 0 unspecified atom stereocenters. The molecule has 0 heterocycles. The second-order valence-electron chi connectivity index (χ2n) is 2.40. The van der Waals surface area contributed by atoms with E-state index in [0.29, 0.717) is 6.08 Å². The molecular formula is C5H7F5N2O2S. The van der Waals surface area contributed by atoms with Crippen molar-refractivity contribution in [3.8, 4) is 0 Å². The first-order valence-electron chi connectivity index (χ1n) is 3.30. The molecule has 0 radical (unpaired) electrons. The van der Waals surface area contributed by atoms with Crippen molar-refractivity contribution >= 4 is 10.2 Å². The quantitative estimate of drug-likeness (QED) is 0.459. The van der Waals surface area contributed by atoms with Crippen LogP contribution in [0.25, 0.3) is 0 Å². The Morgan fingerprint density at radius 1 is 1.27 bits per heavy atom. The van der Waals surface area contributed by atoms with Gasteiger partial charge in [0.25, 0.3) is 10.2 Å². The summed E-state index contributed by atoms with van der Waals surface area (Å²) in [5.74, 6) is 0. The average Bonchev–Trinajstić information content (AvgIpc) is 1.95. The Morgan fingerprint density at radius 2 is 1.67 bits per heavy atom. The van der Waals surface area contributed by atoms with Crippen molar-refractivity contribution < 1.29 is 30.4 Å². The minimum atomic E-state index is -6.04. The van der Waals surface area contributed by atoms with Crippen molar-refractivity contribution in [2.45, 2.75) is 12.2 Å². The van der Waals surface area contributed by atoms with E-state index in [1.54, 1.807) is 0 Å². The summed E-state index contributed by atoms with van der Waals surface area (Å²) >= 11 is 0. The molecule has 0 atom stereocenters. The van der Waals surface area contributed by atoms with Gasteiger partial charge in [0.2, 0.25) is 0 Å². The van der Waals surface area contributed by atoms with Crippen LogP contribution < -0.4 is 5.14 Å². The van der Waals surface area contributed by atoms with Gasteiger partial charge in [-0.1, -0.05) is 6.08 Å². The van der Waals surface area contributed by atoms with E-state index in [-0.39, 0.29) is 0 Å². The van der Waals surface area contributed by atoms with Crippen LogP contribution >= 0.6 is 0 Å². The highest BCUT2D eigenvalue weighted by molar-refractivity contribution is 7.86. The van der Waals surface area contributed by atoms with Gasteiger partial charge in [0, 0.05) is 6.54 Å². The summed E-state index contributed by atoms with van der Waals surface area (Å²) < 4.78 is 80.3. The van der Waals surface area contributed by atoms with E-state index in [0.717, 1.165) is 0 Å². The molecule has 0 aromatic carbocycles. The van der Waals surface area contributed by atoms with Crippen LogP contribution in [0.1, 0.15) is 0 Å². The molecule has 0 aliphatic rings. The van der Waals surface area contributed by atoms with Crippen molar-refractivity contribution in [3.05, 3.63) is 12.7 Å². The van der Waals surface area contributed by atoms with Gasteiger partial charge in [-0.2, -0.15) is 30.4 Å². The van der Waals surface area contributed by atoms with Gasteiger partial charge in [0.1, 0.15) is 0 Å². The molecule has 0 saturated heterocycles. The molecule has 0 rings (SSSR count). The molecule has 0 aliphatic heterocycles. The van der Waals surface area contributed by atoms with Crippen LogP contribution in [0.4, 0.5) is 22.0 Å². The van der Waals surface area contributed by atoms with Crippen LogP contribution in [-0.4, -0.2) is 31.5 Å². The SMILES string of the molecule is C=CCN(C(F)(F)C(F)(F)F)S(N)(=O)=O. The largest absolute Gasteiger partial charge is 0.470 e. The van der Waals surface area contributed by atoms with E-state index in [1.807, 2.05) is 0 Å². The van der Waals surface area contributed by atoms with Crippen molar-refractivity contribution in [2.75, 3.05) is 6.54 Å². The number of nitrogens with two attached hydrogens (primary N) is 1. The first-order valence-corrected chi connectivity index (χ1v) is 4.81. The number of rotatable bonds is 4. The fourth-order valence-corrected chi connectivity index (χ4v) is 1.37.